The Morgan fingerprint density at radius 3 is 2.58 bits per heavy atom. The number of carboxylic acid groups (broad SMARTS) is 1. The van der Waals surface area contributed by atoms with Gasteiger partial charge in [0.15, 0.2) is 5.78 Å². The summed E-state index contributed by atoms with van der Waals surface area (Å²) in [6.07, 6.45) is 5.25. The molecule has 0 aliphatic heterocycles. The van der Waals surface area contributed by atoms with E-state index in [0.29, 0.717) is 33.7 Å². The molecule has 0 atom stereocenters. The van der Waals surface area contributed by atoms with Crippen molar-refractivity contribution in [1.29, 1.82) is 0 Å². The highest BCUT2D eigenvalue weighted by molar-refractivity contribution is 6.18. The fourth-order valence-electron chi connectivity index (χ4n) is 4.12. The maximum Gasteiger partial charge on any atom is 0.404 e. The Balaban J connectivity index is 1.60. The monoisotopic (exact) mass is 423 g/mol. The predicted molar refractivity (Wildman–Crippen MR) is 116 cm³/mol. The summed E-state index contributed by atoms with van der Waals surface area (Å²) in [6, 6.07) is 5.54. The average Bonchev–Trinajstić information content (AvgIpc) is 3.20. The van der Waals surface area contributed by atoms with Crippen LogP contribution in [0.1, 0.15) is 47.2 Å². The predicted octanol–water partition coefficient (Wildman–Crippen LogP) is 3.50. The highest BCUT2D eigenvalue weighted by atomic mass is 16.5. The van der Waals surface area contributed by atoms with Gasteiger partial charge in [0.25, 0.3) is 0 Å². The van der Waals surface area contributed by atoms with Crippen LogP contribution in [0.15, 0.2) is 30.7 Å². The topological polar surface area (TPSA) is 129 Å². The summed E-state index contributed by atoms with van der Waals surface area (Å²) in [5, 5.41) is 15.6. The first-order chi connectivity index (χ1) is 15.0. The number of fused-ring (bicyclic) bond motifs is 1. The molecule has 0 unspecified atom stereocenters. The lowest BCUT2D eigenvalue weighted by Gasteiger charge is -2.29. The molecule has 9 heteroatoms. The highest BCUT2D eigenvalue weighted by Crippen LogP contribution is 2.30. The Hall–Kier alpha value is -3.62. The molecule has 4 rings (SSSR count). The van der Waals surface area contributed by atoms with Gasteiger partial charge in [-0.05, 0) is 50.3 Å². The molecule has 1 fully saturated rings. The van der Waals surface area contributed by atoms with Gasteiger partial charge in [0.2, 0.25) is 0 Å². The standard InChI is InChI=1S/C22H25N5O4/c1-12-3-8-15(31-2)9-16(12)19(28)17-10-23-20-18(17)21(25-11-24-20)26-13-4-6-14(7-5-13)27-22(29)30/h3,8-11,13-14,27H,4-7H2,1-2H3,(H,29,30)(H2,23,24,25,26). The van der Waals surface area contributed by atoms with Crippen molar-refractivity contribution in [1.82, 2.24) is 20.3 Å². The summed E-state index contributed by atoms with van der Waals surface area (Å²) in [7, 11) is 1.57. The minimum atomic E-state index is -0.989. The number of anilines is 1. The van der Waals surface area contributed by atoms with Crippen molar-refractivity contribution in [3.63, 3.8) is 0 Å². The zero-order valence-electron chi connectivity index (χ0n) is 17.4. The molecule has 2 heterocycles. The second kappa shape index (κ2) is 8.63. The largest absolute Gasteiger partial charge is 0.497 e. The van der Waals surface area contributed by atoms with Crippen molar-refractivity contribution in [2.45, 2.75) is 44.7 Å². The van der Waals surface area contributed by atoms with Crippen LogP contribution < -0.4 is 15.4 Å². The molecule has 31 heavy (non-hydrogen) atoms. The molecule has 1 amide bonds. The number of H-pyrrole nitrogens is 1. The van der Waals surface area contributed by atoms with Gasteiger partial charge in [-0.2, -0.15) is 0 Å². The van der Waals surface area contributed by atoms with E-state index in [4.69, 9.17) is 9.84 Å². The van der Waals surface area contributed by atoms with E-state index in [0.717, 1.165) is 31.2 Å². The summed E-state index contributed by atoms with van der Waals surface area (Å²) in [6.45, 7) is 1.89. The summed E-state index contributed by atoms with van der Waals surface area (Å²) in [5.74, 6) is 1.09. The van der Waals surface area contributed by atoms with Crippen LogP contribution in [0.5, 0.6) is 5.75 Å². The zero-order valence-corrected chi connectivity index (χ0v) is 17.4. The third-order valence-corrected chi connectivity index (χ3v) is 5.80. The van der Waals surface area contributed by atoms with Gasteiger partial charge in [-0.1, -0.05) is 6.07 Å². The number of aromatic amines is 1. The van der Waals surface area contributed by atoms with Gasteiger partial charge in [0.1, 0.15) is 23.5 Å². The molecule has 1 aliphatic carbocycles. The third kappa shape index (κ3) is 4.30. The number of hydrogen-bond acceptors (Lipinski definition) is 6. The molecule has 162 valence electrons. The average molecular weight is 423 g/mol. The molecular formula is C22H25N5O4. The second-order valence-corrected chi connectivity index (χ2v) is 7.80. The van der Waals surface area contributed by atoms with Gasteiger partial charge in [0, 0.05) is 23.8 Å². The number of carbonyl (C=O) groups excluding carboxylic acids is 1. The van der Waals surface area contributed by atoms with Crippen LogP contribution in [0, 0.1) is 6.92 Å². The molecular weight excluding hydrogens is 398 g/mol. The number of nitrogens with zero attached hydrogens (tertiary/aromatic N) is 2. The summed E-state index contributed by atoms with van der Waals surface area (Å²) < 4.78 is 5.28. The minimum absolute atomic E-state index is 0.0265. The van der Waals surface area contributed by atoms with Gasteiger partial charge < -0.3 is 25.5 Å². The van der Waals surface area contributed by atoms with E-state index in [1.807, 2.05) is 19.1 Å². The molecule has 0 saturated heterocycles. The van der Waals surface area contributed by atoms with Gasteiger partial charge >= 0.3 is 6.09 Å². The van der Waals surface area contributed by atoms with Crippen LogP contribution in [-0.4, -0.2) is 51.1 Å². The van der Waals surface area contributed by atoms with E-state index in [2.05, 4.69) is 25.6 Å². The molecule has 3 aromatic rings. The summed E-state index contributed by atoms with van der Waals surface area (Å²) in [4.78, 5) is 36.0. The second-order valence-electron chi connectivity index (χ2n) is 7.80. The Bertz CT molecular complexity index is 1120. The van der Waals surface area contributed by atoms with Crippen LogP contribution in [-0.2, 0) is 0 Å². The SMILES string of the molecule is COc1ccc(C)c(C(=O)c2c[nH]c3ncnc(NC4CCC(NC(=O)O)CC4)c23)c1. The lowest BCUT2D eigenvalue weighted by molar-refractivity contribution is 0.103. The zero-order chi connectivity index (χ0) is 22.0. The van der Waals surface area contributed by atoms with E-state index in [1.165, 1.54) is 6.33 Å². The normalized spacial score (nSPS) is 18.5. The number of amides is 1. The van der Waals surface area contributed by atoms with Gasteiger partial charge in [0.05, 0.1) is 18.1 Å². The van der Waals surface area contributed by atoms with Crippen LogP contribution in [0.2, 0.25) is 0 Å². The number of methoxy groups -OCH3 is 1. The first kappa shape index (κ1) is 20.6. The Morgan fingerprint density at radius 1 is 1.13 bits per heavy atom. The molecule has 0 bridgehead atoms. The number of carbonyl (C=O) groups is 2. The molecule has 1 saturated carbocycles. The van der Waals surface area contributed by atoms with Crippen molar-refractivity contribution in [2.75, 3.05) is 12.4 Å². The van der Waals surface area contributed by atoms with E-state index in [-0.39, 0.29) is 17.9 Å². The maximum atomic E-state index is 13.4. The van der Waals surface area contributed by atoms with Crippen LogP contribution >= 0.6 is 0 Å². The molecule has 0 spiro atoms. The Morgan fingerprint density at radius 2 is 1.87 bits per heavy atom. The first-order valence-electron chi connectivity index (χ1n) is 10.2. The summed E-state index contributed by atoms with van der Waals surface area (Å²) >= 11 is 0. The van der Waals surface area contributed by atoms with Crippen LogP contribution in [0.4, 0.5) is 10.6 Å². The minimum Gasteiger partial charge on any atom is -0.497 e. The van der Waals surface area contributed by atoms with Gasteiger partial charge in [-0.25, -0.2) is 14.8 Å². The molecule has 1 aromatic carbocycles. The van der Waals surface area contributed by atoms with Crippen molar-refractivity contribution in [3.05, 3.63) is 47.4 Å². The van der Waals surface area contributed by atoms with E-state index in [1.54, 1.807) is 19.4 Å². The molecule has 1 aliphatic rings. The number of aryl methyl sites for hydroxylation is 1. The summed E-state index contributed by atoms with van der Waals surface area (Å²) in [5.41, 5.74) is 2.50. The van der Waals surface area contributed by atoms with Gasteiger partial charge in [-0.15, -0.1) is 0 Å². The van der Waals surface area contributed by atoms with Crippen molar-refractivity contribution >= 4 is 28.7 Å². The fourth-order valence-corrected chi connectivity index (χ4v) is 4.12. The number of rotatable bonds is 6. The first-order valence-corrected chi connectivity index (χ1v) is 10.2. The quantitative estimate of drug-likeness (QED) is 0.447. The van der Waals surface area contributed by atoms with Crippen molar-refractivity contribution in [3.8, 4) is 5.75 Å². The number of ketones is 1. The number of nitrogens with one attached hydrogen (secondary N) is 3. The highest BCUT2D eigenvalue weighted by Gasteiger charge is 2.25. The third-order valence-electron chi connectivity index (χ3n) is 5.80. The number of benzene rings is 1. The molecule has 4 N–H and O–H groups in total. The lowest BCUT2D eigenvalue weighted by atomic mass is 9.91. The molecule has 2 aromatic heterocycles. The number of hydrogen-bond donors (Lipinski definition) is 4. The lowest BCUT2D eigenvalue weighted by Crippen LogP contribution is -2.39. The number of ether oxygens (including phenoxy) is 1. The Labute approximate surface area is 179 Å². The van der Waals surface area contributed by atoms with Crippen LogP contribution in [0.3, 0.4) is 0 Å². The number of aromatic nitrogens is 3. The molecule has 9 nitrogen and oxygen atoms in total. The van der Waals surface area contributed by atoms with Crippen molar-refractivity contribution < 1.29 is 19.4 Å². The van der Waals surface area contributed by atoms with E-state index < -0.39 is 6.09 Å². The smallest absolute Gasteiger partial charge is 0.404 e. The van der Waals surface area contributed by atoms with Crippen LogP contribution in [0.25, 0.3) is 11.0 Å². The fraction of sp³-hybridized carbons (Fsp3) is 0.364. The molecule has 0 radical (unpaired) electrons. The van der Waals surface area contributed by atoms with Gasteiger partial charge in [-0.3, -0.25) is 4.79 Å². The van der Waals surface area contributed by atoms with E-state index in [9.17, 15) is 9.59 Å². The van der Waals surface area contributed by atoms with Crippen molar-refractivity contribution in [2.24, 2.45) is 0 Å². The van der Waals surface area contributed by atoms with E-state index >= 15 is 0 Å². The Kier molecular flexibility index (Phi) is 5.75. The maximum absolute atomic E-state index is 13.4.